The Balaban J connectivity index is 1.56. The van der Waals surface area contributed by atoms with E-state index in [1.807, 2.05) is 78.9 Å². The summed E-state index contributed by atoms with van der Waals surface area (Å²) < 4.78 is 11.7. The molecule has 0 aliphatic heterocycles. The van der Waals surface area contributed by atoms with Crippen molar-refractivity contribution >= 4 is 11.7 Å². The van der Waals surface area contributed by atoms with E-state index < -0.39 is 5.97 Å². The highest BCUT2D eigenvalue weighted by atomic mass is 16.6. The summed E-state index contributed by atoms with van der Waals surface area (Å²) in [4.78, 5) is 16.2. The van der Waals surface area contributed by atoms with Gasteiger partial charge >= 0.3 is 5.97 Å². The average molecular weight is 462 g/mol. The number of carbonyl (C=O) groups is 1. The lowest BCUT2D eigenvalue weighted by Gasteiger charge is -2.15. The Labute approximate surface area is 200 Å². The molecule has 0 radical (unpaired) electrons. The van der Waals surface area contributed by atoms with Crippen LogP contribution in [0.25, 0.3) is 5.70 Å². The van der Waals surface area contributed by atoms with Gasteiger partial charge in [0.1, 0.15) is 30.1 Å². The average Bonchev–Trinajstić information content (AvgIpc) is 2.86. The van der Waals surface area contributed by atoms with Crippen LogP contribution in [0, 0.1) is 0 Å². The van der Waals surface area contributed by atoms with Crippen molar-refractivity contribution in [2.45, 2.75) is 38.7 Å². The molecule has 3 aromatic carbocycles. The molecule has 0 heterocycles. The first-order valence-corrected chi connectivity index (χ1v) is 11.3. The predicted molar refractivity (Wildman–Crippen MR) is 132 cm³/mol. The normalized spacial score (nSPS) is 12.1. The molecule has 178 valence electrons. The van der Waals surface area contributed by atoms with Gasteiger partial charge in [0.25, 0.3) is 0 Å². The van der Waals surface area contributed by atoms with Crippen LogP contribution in [0.5, 0.6) is 11.5 Å². The zero-order valence-electron chi connectivity index (χ0n) is 19.6. The minimum atomic E-state index is -0.770. The van der Waals surface area contributed by atoms with Crippen LogP contribution in [0.4, 0.5) is 0 Å². The second-order valence-electron chi connectivity index (χ2n) is 7.91. The fraction of sp³-hybridized carbons (Fsp3) is 0.250. The number of aliphatic carboxylic acids is 1. The van der Waals surface area contributed by atoms with Crippen LogP contribution in [-0.2, 0) is 16.2 Å². The highest BCUT2D eigenvalue weighted by molar-refractivity contribution is 5.68. The molecule has 0 saturated heterocycles. The molecule has 0 spiro atoms. The van der Waals surface area contributed by atoms with Crippen LogP contribution in [0.3, 0.4) is 0 Å². The molecule has 3 aromatic rings. The third-order valence-corrected chi connectivity index (χ3v) is 5.35. The van der Waals surface area contributed by atoms with Gasteiger partial charge in [-0.05, 0) is 47.7 Å². The van der Waals surface area contributed by atoms with Crippen LogP contribution >= 0.6 is 0 Å². The van der Waals surface area contributed by atoms with E-state index in [-0.39, 0.29) is 12.3 Å². The van der Waals surface area contributed by atoms with Gasteiger partial charge in [-0.25, -0.2) is 0 Å². The summed E-state index contributed by atoms with van der Waals surface area (Å²) in [7, 11) is 1.55. The summed E-state index contributed by atoms with van der Waals surface area (Å²) in [6.45, 7) is 2.49. The van der Waals surface area contributed by atoms with Crippen molar-refractivity contribution in [2.75, 3.05) is 7.11 Å². The summed E-state index contributed by atoms with van der Waals surface area (Å²) in [6, 6.07) is 25.2. The van der Waals surface area contributed by atoms with Crippen molar-refractivity contribution in [1.82, 2.24) is 5.48 Å². The molecule has 34 heavy (non-hydrogen) atoms. The van der Waals surface area contributed by atoms with Gasteiger partial charge in [-0.15, -0.1) is 0 Å². The first-order chi connectivity index (χ1) is 16.6. The zero-order chi connectivity index (χ0) is 24.2. The van der Waals surface area contributed by atoms with Crippen molar-refractivity contribution in [3.05, 3.63) is 102 Å². The fourth-order valence-electron chi connectivity index (χ4n) is 3.62. The molecule has 6 heteroatoms. The van der Waals surface area contributed by atoms with Crippen molar-refractivity contribution < 1.29 is 24.2 Å². The maximum absolute atomic E-state index is 11.1. The van der Waals surface area contributed by atoms with Gasteiger partial charge < -0.3 is 14.6 Å². The number of hydroxylamine groups is 1. The number of benzene rings is 3. The molecular formula is C28H31NO5. The van der Waals surface area contributed by atoms with Crippen molar-refractivity contribution in [3.8, 4) is 11.5 Å². The Hall–Kier alpha value is -3.77. The van der Waals surface area contributed by atoms with Gasteiger partial charge in [-0.2, -0.15) is 0 Å². The van der Waals surface area contributed by atoms with Crippen molar-refractivity contribution in [2.24, 2.45) is 0 Å². The largest absolute Gasteiger partial charge is 0.489 e. The van der Waals surface area contributed by atoms with Gasteiger partial charge in [-0.3, -0.25) is 15.1 Å². The molecule has 0 amide bonds. The lowest BCUT2D eigenvalue weighted by molar-refractivity contribution is -0.137. The second kappa shape index (κ2) is 13.1. The molecule has 6 nitrogen and oxygen atoms in total. The highest BCUT2D eigenvalue weighted by Gasteiger charge is 2.14. The van der Waals surface area contributed by atoms with Crippen molar-refractivity contribution in [3.63, 3.8) is 0 Å². The number of rotatable bonds is 13. The highest BCUT2D eigenvalue weighted by Crippen LogP contribution is 2.27. The van der Waals surface area contributed by atoms with Crippen LogP contribution in [-0.4, -0.2) is 18.2 Å². The van der Waals surface area contributed by atoms with Crippen LogP contribution < -0.4 is 15.0 Å². The Morgan fingerprint density at radius 2 is 1.65 bits per heavy atom. The van der Waals surface area contributed by atoms with E-state index >= 15 is 0 Å². The molecule has 1 atom stereocenters. The molecule has 1 unspecified atom stereocenters. The van der Waals surface area contributed by atoms with Gasteiger partial charge in [0.15, 0.2) is 0 Å². The van der Waals surface area contributed by atoms with Gasteiger partial charge in [-0.1, -0.05) is 67.9 Å². The smallest absolute Gasteiger partial charge is 0.303 e. The van der Waals surface area contributed by atoms with E-state index in [0.717, 1.165) is 35.3 Å². The predicted octanol–water partition coefficient (Wildman–Crippen LogP) is 6.15. The standard InChI is InChI=1S/C28H31NO5/c1-3-7-24(18-28(30)31)22-12-16-26(17-13-22)33-19-21-10-14-25(15-11-21)34-20-27(29-32-2)23-8-5-4-6-9-23/h4-6,8-17,20,24,29H,3,7,18-19H2,1-2H3,(H,30,31). The Morgan fingerprint density at radius 3 is 2.26 bits per heavy atom. The second-order valence-corrected chi connectivity index (χ2v) is 7.91. The van der Waals surface area contributed by atoms with E-state index in [4.69, 9.17) is 19.4 Å². The van der Waals surface area contributed by atoms with Gasteiger partial charge in [0, 0.05) is 5.56 Å². The number of ether oxygens (including phenoxy) is 2. The van der Waals surface area contributed by atoms with E-state index in [2.05, 4.69) is 12.4 Å². The zero-order valence-corrected chi connectivity index (χ0v) is 19.6. The number of hydrogen-bond donors (Lipinski definition) is 2. The molecule has 0 bridgehead atoms. The van der Waals surface area contributed by atoms with E-state index in [1.54, 1.807) is 13.4 Å². The summed E-state index contributed by atoms with van der Waals surface area (Å²) in [5, 5.41) is 9.15. The SMILES string of the molecule is CCCC(CC(=O)O)c1ccc(OCc2ccc(OC=C(NOC)c3ccccc3)cc2)cc1. The van der Waals surface area contributed by atoms with Crippen LogP contribution in [0.15, 0.2) is 85.1 Å². The summed E-state index contributed by atoms with van der Waals surface area (Å²) in [5.41, 5.74) is 6.53. The van der Waals surface area contributed by atoms with Gasteiger partial charge in [0.05, 0.1) is 13.5 Å². The third-order valence-electron chi connectivity index (χ3n) is 5.35. The van der Waals surface area contributed by atoms with Crippen molar-refractivity contribution in [1.29, 1.82) is 0 Å². The summed E-state index contributed by atoms with van der Waals surface area (Å²) in [6.07, 6.45) is 3.56. The number of carboxylic acid groups (broad SMARTS) is 1. The maximum Gasteiger partial charge on any atom is 0.303 e. The molecule has 0 aliphatic carbocycles. The van der Waals surface area contributed by atoms with Gasteiger partial charge in [0.2, 0.25) is 0 Å². The summed E-state index contributed by atoms with van der Waals surface area (Å²) in [5.74, 6) is 0.697. The number of carboxylic acids is 1. The number of nitrogens with one attached hydrogen (secondary N) is 1. The minimum absolute atomic E-state index is 0.0274. The molecule has 2 N–H and O–H groups in total. The van der Waals surface area contributed by atoms with Crippen LogP contribution in [0.2, 0.25) is 0 Å². The lowest BCUT2D eigenvalue weighted by atomic mass is 9.91. The lowest BCUT2D eigenvalue weighted by Crippen LogP contribution is -2.11. The number of hydrogen-bond acceptors (Lipinski definition) is 5. The maximum atomic E-state index is 11.1. The molecule has 0 aromatic heterocycles. The Morgan fingerprint density at radius 1 is 0.971 bits per heavy atom. The van der Waals surface area contributed by atoms with E-state index in [9.17, 15) is 4.79 Å². The van der Waals surface area contributed by atoms with Crippen LogP contribution in [0.1, 0.15) is 48.8 Å². The monoisotopic (exact) mass is 461 g/mol. The minimum Gasteiger partial charge on any atom is -0.489 e. The van der Waals surface area contributed by atoms with E-state index in [1.165, 1.54) is 0 Å². The summed E-state index contributed by atoms with van der Waals surface area (Å²) >= 11 is 0. The molecule has 3 rings (SSSR count). The Bertz CT molecular complexity index is 1050. The first-order valence-electron chi connectivity index (χ1n) is 11.3. The third kappa shape index (κ3) is 7.67. The fourth-order valence-corrected chi connectivity index (χ4v) is 3.62. The molecule has 0 saturated carbocycles. The quantitative estimate of drug-likeness (QED) is 0.235. The molecule has 0 fully saturated rings. The Kier molecular flexibility index (Phi) is 9.55. The molecule has 0 aliphatic rings. The first kappa shape index (κ1) is 24.9. The topological polar surface area (TPSA) is 77.0 Å². The van der Waals surface area contributed by atoms with E-state index in [0.29, 0.717) is 18.1 Å². The molecular weight excluding hydrogens is 430 g/mol.